The third-order valence-electron chi connectivity index (χ3n) is 2.96. The van der Waals surface area contributed by atoms with Gasteiger partial charge in [-0.15, -0.1) is 23.5 Å². The summed E-state index contributed by atoms with van der Waals surface area (Å²) in [6, 6.07) is 0.171. The maximum Gasteiger partial charge on any atom is 0.175 e. The molecule has 0 atom stereocenters. The van der Waals surface area contributed by atoms with Gasteiger partial charge in [0.2, 0.25) is 0 Å². The molecule has 0 unspecified atom stereocenters. The van der Waals surface area contributed by atoms with Gasteiger partial charge in [0.15, 0.2) is 46.5 Å². The minimum atomic E-state index is -1.54. The summed E-state index contributed by atoms with van der Waals surface area (Å²) in [6.07, 6.45) is 2.62. The van der Waals surface area contributed by atoms with Gasteiger partial charge in [0.05, 0.1) is 9.79 Å². The summed E-state index contributed by atoms with van der Waals surface area (Å²) in [4.78, 5) is -1.69. The smallest absolute Gasteiger partial charge is 0.175 e. The van der Waals surface area contributed by atoms with Crippen molar-refractivity contribution in [1.82, 2.24) is 0 Å². The van der Waals surface area contributed by atoms with Crippen molar-refractivity contribution in [3.63, 3.8) is 0 Å². The number of benzene rings is 2. The van der Waals surface area contributed by atoms with Crippen LogP contribution in [0.3, 0.4) is 0 Å². The second-order valence-corrected chi connectivity index (χ2v) is 6.75. The standard InChI is InChI=1S/C16H8F8S2/c17-7-5-8(18)12(22)15(11(7)21)25-3-1-2-4-26-16-13(23)9(19)6-10(20)14(16)24/h1-2,5-6H,3-4H2/b2-1-. The Morgan fingerprint density at radius 3 is 1.08 bits per heavy atom. The summed E-state index contributed by atoms with van der Waals surface area (Å²) in [5, 5.41) is 0. The van der Waals surface area contributed by atoms with E-state index < -0.39 is 56.3 Å². The average Bonchev–Trinajstić information content (AvgIpc) is 2.59. The molecule has 0 aliphatic rings. The van der Waals surface area contributed by atoms with Crippen LogP contribution < -0.4 is 0 Å². The summed E-state index contributed by atoms with van der Waals surface area (Å²) in [7, 11) is 0. The molecule has 0 saturated carbocycles. The largest absolute Gasteiger partial charge is 0.204 e. The highest BCUT2D eigenvalue weighted by Crippen LogP contribution is 2.30. The van der Waals surface area contributed by atoms with Crippen molar-refractivity contribution in [1.29, 1.82) is 0 Å². The molecule has 26 heavy (non-hydrogen) atoms. The molecular formula is C16H8F8S2. The second kappa shape index (κ2) is 8.81. The van der Waals surface area contributed by atoms with Crippen LogP contribution in [-0.2, 0) is 0 Å². The first-order valence-electron chi connectivity index (χ1n) is 6.80. The molecule has 0 N–H and O–H groups in total. The van der Waals surface area contributed by atoms with E-state index in [0.717, 1.165) is 0 Å². The van der Waals surface area contributed by atoms with E-state index in [0.29, 0.717) is 23.5 Å². The van der Waals surface area contributed by atoms with Crippen molar-refractivity contribution in [2.45, 2.75) is 9.79 Å². The first kappa shape index (κ1) is 20.6. The normalized spacial score (nSPS) is 11.5. The molecule has 0 bridgehead atoms. The Hall–Kier alpha value is -1.68. The average molecular weight is 416 g/mol. The number of hydrogen-bond donors (Lipinski definition) is 0. The topological polar surface area (TPSA) is 0 Å². The van der Waals surface area contributed by atoms with Crippen molar-refractivity contribution in [2.24, 2.45) is 0 Å². The van der Waals surface area contributed by atoms with Gasteiger partial charge in [-0.2, -0.15) is 0 Å². The van der Waals surface area contributed by atoms with Gasteiger partial charge in [0.1, 0.15) is 0 Å². The van der Waals surface area contributed by atoms with Gasteiger partial charge in [0, 0.05) is 23.6 Å². The maximum absolute atomic E-state index is 13.4. The molecule has 0 radical (unpaired) electrons. The molecule has 0 saturated heterocycles. The van der Waals surface area contributed by atoms with E-state index in [1.807, 2.05) is 0 Å². The van der Waals surface area contributed by atoms with Crippen LogP contribution in [0, 0.1) is 46.5 Å². The Balaban J connectivity index is 1.96. The molecule has 2 rings (SSSR count). The van der Waals surface area contributed by atoms with Crippen molar-refractivity contribution < 1.29 is 35.1 Å². The van der Waals surface area contributed by atoms with Crippen molar-refractivity contribution >= 4 is 23.5 Å². The SMILES string of the molecule is Fc1cc(F)c(F)c(SC/C=C\CSc2c(F)c(F)cc(F)c2F)c1F. The highest BCUT2D eigenvalue weighted by Gasteiger charge is 2.20. The van der Waals surface area contributed by atoms with Gasteiger partial charge in [-0.1, -0.05) is 12.2 Å². The van der Waals surface area contributed by atoms with E-state index >= 15 is 0 Å². The fourth-order valence-corrected chi connectivity index (χ4v) is 3.45. The zero-order valence-corrected chi connectivity index (χ0v) is 14.2. The fraction of sp³-hybridized carbons (Fsp3) is 0.125. The van der Waals surface area contributed by atoms with E-state index in [1.54, 1.807) is 0 Å². The number of thioether (sulfide) groups is 2. The van der Waals surface area contributed by atoms with Crippen LogP contribution in [-0.4, -0.2) is 11.5 Å². The monoisotopic (exact) mass is 416 g/mol. The summed E-state index contributed by atoms with van der Waals surface area (Å²) >= 11 is 0.930. The number of halogens is 8. The number of rotatable bonds is 6. The van der Waals surface area contributed by atoms with E-state index in [4.69, 9.17) is 0 Å². The van der Waals surface area contributed by atoms with Crippen molar-refractivity contribution in [3.05, 3.63) is 70.8 Å². The molecule has 2 aromatic carbocycles. The lowest BCUT2D eigenvalue weighted by molar-refractivity contribution is 0.426. The molecule has 0 aliphatic heterocycles. The van der Waals surface area contributed by atoms with Crippen LogP contribution in [0.25, 0.3) is 0 Å². The van der Waals surface area contributed by atoms with Gasteiger partial charge < -0.3 is 0 Å². The van der Waals surface area contributed by atoms with Crippen LogP contribution in [0.15, 0.2) is 34.1 Å². The fourth-order valence-electron chi connectivity index (χ4n) is 1.75. The van der Waals surface area contributed by atoms with Gasteiger partial charge >= 0.3 is 0 Å². The molecule has 0 heterocycles. The van der Waals surface area contributed by atoms with Crippen LogP contribution >= 0.6 is 23.5 Å². The predicted octanol–water partition coefficient (Wildman–Crippen LogP) is 6.24. The molecular weight excluding hydrogens is 408 g/mol. The Bertz CT molecular complexity index is 729. The first-order chi connectivity index (χ1) is 12.2. The second-order valence-electron chi connectivity index (χ2n) is 4.69. The van der Waals surface area contributed by atoms with E-state index in [1.165, 1.54) is 12.2 Å². The zero-order valence-electron chi connectivity index (χ0n) is 12.6. The van der Waals surface area contributed by atoms with Crippen LogP contribution in [0.2, 0.25) is 0 Å². The van der Waals surface area contributed by atoms with E-state index in [-0.39, 0.29) is 23.6 Å². The highest BCUT2D eigenvalue weighted by atomic mass is 32.2. The highest BCUT2D eigenvalue weighted by molar-refractivity contribution is 7.99. The Labute approximate surface area is 151 Å². The summed E-state index contributed by atoms with van der Waals surface area (Å²) in [6.45, 7) is 0. The predicted molar refractivity (Wildman–Crippen MR) is 83.1 cm³/mol. The molecule has 0 aromatic heterocycles. The lowest BCUT2D eigenvalue weighted by Crippen LogP contribution is -1.98. The summed E-state index contributed by atoms with van der Waals surface area (Å²) in [5.74, 6) is -12.5. The Kier molecular flexibility index (Phi) is 6.99. The molecule has 0 amide bonds. The molecule has 2 aromatic rings. The first-order valence-corrected chi connectivity index (χ1v) is 8.77. The van der Waals surface area contributed by atoms with Gasteiger partial charge in [-0.3, -0.25) is 0 Å². The summed E-state index contributed by atoms with van der Waals surface area (Å²) in [5.41, 5.74) is 0. The zero-order chi connectivity index (χ0) is 19.4. The molecule has 0 aliphatic carbocycles. The molecule has 10 heteroatoms. The Morgan fingerprint density at radius 1 is 0.538 bits per heavy atom. The van der Waals surface area contributed by atoms with Gasteiger partial charge in [-0.25, -0.2) is 35.1 Å². The minimum absolute atomic E-state index is 0.0857. The van der Waals surface area contributed by atoms with E-state index in [2.05, 4.69) is 0 Å². The summed E-state index contributed by atoms with van der Waals surface area (Å²) < 4.78 is 106. The van der Waals surface area contributed by atoms with Crippen LogP contribution in [0.1, 0.15) is 0 Å². The lowest BCUT2D eigenvalue weighted by atomic mass is 10.3. The van der Waals surface area contributed by atoms with E-state index in [9.17, 15) is 35.1 Å². The van der Waals surface area contributed by atoms with Crippen LogP contribution in [0.4, 0.5) is 35.1 Å². The quantitative estimate of drug-likeness (QED) is 0.237. The molecule has 140 valence electrons. The molecule has 0 nitrogen and oxygen atoms in total. The third-order valence-corrected chi connectivity index (χ3v) is 4.97. The van der Waals surface area contributed by atoms with Crippen molar-refractivity contribution in [3.8, 4) is 0 Å². The Morgan fingerprint density at radius 2 is 0.808 bits per heavy atom. The molecule has 0 fully saturated rings. The van der Waals surface area contributed by atoms with Crippen LogP contribution in [0.5, 0.6) is 0 Å². The lowest BCUT2D eigenvalue weighted by Gasteiger charge is -2.05. The minimum Gasteiger partial charge on any atom is -0.204 e. The molecule has 0 spiro atoms. The number of hydrogen-bond acceptors (Lipinski definition) is 2. The third kappa shape index (κ3) is 4.53. The van der Waals surface area contributed by atoms with Gasteiger partial charge in [-0.05, 0) is 0 Å². The van der Waals surface area contributed by atoms with Gasteiger partial charge in [0.25, 0.3) is 0 Å². The maximum atomic E-state index is 13.4. The van der Waals surface area contributed by atoms with Crippen molar-refractivity contribution in [2.75, 3.05) is 11.5 Å².